The molecule has 0 radical (unpaired) electrons. The van der Waals surface area contributed by atoms with E-state index in [1.807, 2.05) is 23.5 Å². The molecule has 2 aromatic rings. The molecule has 0 aliphatic heterocycles. The van der Waals surface area contributed by atoms with Gasteiger partial charge < -0.3 is 8.83 Å². The summed E-state index contributed by atoms with van der Waals surface area (Å²) >= 11 is 0. The molecule has 2 nitrogen and oxygen atoms in total. The van der Waals surface area contributed by atoms with E-state index in [1.54, 1.807) is 25.1 Å². The monoisotopic (exact) mass is 216 g/mol. The fourth-order valence-electron chi connectivity index (χ4n) is 1.72. The molecule has 0 saturated heterocycles. The highest BCUT2D eigenvalue weighted by atomic mass is 28.3. The minimum Gasteiger partial charge on any atom is -0.473 e. The molecule has 0 N–H and O–H groups in total. The largest absolute Gasteiger partial charge is 0.473 e. The lowest BCUT2D eigenvalue weighted by molar-refractivity contribution is 0.568. The Kier molecular flexibility index (Phi) is 2.47. The lowest BCUT2D eigenvalue weighted by Gasteiger charge is -2.20. The molecule has 0 aliphatic carbocycles. The summed E-state index contributed by atoms with van der Waals surface area (Å²) in [5.41, 5.74) is 3.94. The van der Waals surface area contributed by atoms with Gasteiger partial charge >= 0.3 is 0 Å². The third kappa shape index (κ3) is 1.41. The van der Waals surface area contributed by atoms with Gasteiger partial charge in [-0.05, 0) is 22.5 Å². The molecule has 0 fully saturated rings. The lowest BCUT2D eigenvalue weighted by atomic mass is 10.6. The summed E-state index contributed by atoms with van der Waals surface area (Å²) in [7, 11) is -2.05. The number of hydrogen-bond acceptors (Lipinski definition) is 2. The third-order valence-electron chi connectivity index (χ3n) is 2.64. The molecule has 0 atom stereocenters. The molecule has 2 aromatic heterocycles. The highest BCUT2D eigenvalue weighted by molar-refractivity contribution is 7.09. The standard InChI is InChI=1S/C12H12O2Si/c1-3-15(4-2,11-5-7-13-9-11)12-6-8-14-10-12/h3-10H,1-2H2. The summed E-state index contributed by atoms with van der Waals surface area (Å²) in [6, 6.07) is 3.92. The maximum atomic E-state index is 5.13. The van der Waals surface area contributed by atoms with Crippen molar-refractivity contribution < 1.29 is 8.83 Å². The Morgan fingerprint density at radius 3 is 1.67 bits per heavy atom. The van der Waals surface area contributed by atoms with Crippen LogP contribution in [0.4, 0.5) is 0 Å². The van der Waals surface area contributed by atoms with E-state index in [0.717, 1.165) is 10.4 Å². The molecule has 2 heterocycles. The van der Waals surface area contributed by atoms with Crippen molar-refractivity contribution in [3.05, 3.63) is 61.7 Å². The zero-order valence-corrected chi connectivity index (χ0v) is 9.35. The van der Waals surface area contributed by atoms with Gasteiger partial charge in [-0.3, -0.25) is 0 Å². The van der Waals surface area contributed by atoms with Gasteiger partial charge in [-0.1, -0.05) is 11.4 Å². The van der Waals surface area contributed by atoms with E-state index in [4.69, 9.17) is 8.83 Å². The van der Waals surface area contributed by atoms with Gasteiger partial charge in [0, 0.05) is 0 Å². The molecule has 0 saturated carbocycles. The molecule has 2 rings (SSSR count). The van der Waals surface area contributed by atoms with Crippen LogP contribution in [-0.4, -0.2) is 8.07 Å². The second kappa shape index (κ2) is 3.79. The zero-order chi connectivity index (χ0) is 10.7. The second-order valence-electron chi connectivity index (χ2n) is 3.30. The Balaban J connectivity index is 2.60. The van der Waals surface area contributed by atoms with Crippen LogP contribution in [0, 0.1) is 0 Å². The minimum atomic E-state index is -2.05. The Hall–Kier alpha value is -1.74. The van der Waals surface area contributed by atoms with Gasteiger partial charge in [0.25, 0.3) is 0 Å². The minimum absolute atomic E-state index is 1.13. The Bertz CT molecular complexity index is 396. The molecule has 3 heteroatoms. The van der Waals surface area contributed by atoms with Crippen LogP contribution in [0.5, 0.6) is 0 Å². The number of hydrogen-bond donors (Lipinski definition) is 0. The summed E-state index contributed by atoms with van der Waals surface area (Å²) in [6.07, 6.45) is 6.85. The molecule has 0 unspecified atom stereocenters. The predicted molar refractivity (Wildman–Crippen MR) is 62.8 cm³/mol. The average molecular weight is 216 g/mol. The van der Waals surface area contributed by atoms with E-state index >= 15 is 0 Å². The fraction of sp³-hybridized carbons (Fsp3) is 0. The first kappa shape index (κ1) is 9.80. The van der Waals surface area contributed by atoms with Crippen molar-refractivity contribution in [2.24, 2.45) is 0 Å². The Morgan fingerprint density at radius 2 is 1.40 bits per heavy atom. The van der Waals surface area contributed by atoms with Gasteiger partial charge in [-0.15, -0.1) is 13.2 Å². The van der Waals surface area contributed by atoms with E-state index in [0.29, 0.717) is 0 Å². The van der Waals surface area contributed by atoms with Crippen molar-refractivity contribution in [2.75, 3.05) is 0 Å². The molecule has 76 valence electrons. The molecule has 0 spiro atoms. The van der Waals surface area contributed by atoms with Gasteiger partial charge in [0.1, 0.15) is 0 Å². The first-order chi connectivity index (χ1) is 7.33. The van der Waals surface area contributed by atoms with Crippen LogP contribution in [0.15, 0.2) is 70.6 Å². The molecule has 0 aromatic carbocycles. The van der Waals surface area contributed by atoms with Crippen molar-refractivity contribution in [3.8, 4) is 0 Å². The van der Waals surface area contributed by atoms with Gasteiger partial charge in [-0.2, -0.15) is 0 Å². The molecule has 15 heavy (non-hydrogen) atoms. The maximum Gasteiger partial charge on any atom is 0.171 e. The molecular formula is C12H12O2Si. The molecule has 0 bridgehead atoms. The van der Waals surface area contributed by atoms with Crippen LogP contribution >= 0.6 is 0 Å². The topological polar surface area (TPSA) is 26.3 Å². The normalized spacial score (nSPS) is 11.2. The molecule has 0 aliphatic rings. The van der Waals surface area contributed by atoms with Gasteiger partial charge in [0.05, 0.1) is 25.1 Å². The van der Waals surface area contributed by atoms with Crippen molar-refractivity contribution in [3.63, 3.8) is 0 Å². The van der Waals surface area contributed by atoms with Crippen molar-refractivity contribution >= 4 is 18.4 Å². The first-order valence-corrected chi connectivity index (χ1v) is 6.81. The maximum absolute atomic E-state index is 5.13. The highest BCUT2D eigenvalue weighted by Gasteiger charge is 2.32. The zero-order valence-electron chi connectivity index (χ0n) is 8.35. The molecule has 0 amide bonds. The van der Waals surface area contributed by atoms with Crippen LogP contribution in [0.25, 0.3) is 0 Å². The second-order valence-corrected chi connectivity index (χ2v) is 7.01. The van der Waals surface area contributed by atoms with Crippen LogP contribution in [0.2, 0.25) is 0 Å². The van der Waals surface area contributed by atoms with Crippen molar-refractivity contribution in [1.82, 2.24) is 0 Å². The van der Waals surface area contributed by atoms with Gasteiger partial charge in [-0.25, -0.2) is 0 Å². The SMILES string of the molecule is C=C[Si](C=C)(c1ccoc1)c1ccoc1. The van der Waals surface area contributed by atoms with Crippen LogP contribution in [0.1, 0.15) is 0 Å². The predicted octanol–water partition coefficient (Wildman–Crippen LogP) is 1.89. The fourth-order valence-corrected chi connectivity index (χ4v) is 4.38. The number of furan rings is 2. The van der Waals surface area contributed by atoms with Crippen LogP contribution in [0.3, 0.4) is 0 Å². The summed E-state index contributed by atoms with van der Waals surface area (Å²) in [6.45, 7) is 7.85. The van der Waals surface area contributed by atoms with E-state index < -0.39 is 8.07 Å². The van der Waals surface area contributed by atoms with E-state index in [1.165, 1.54) is 0 Å². The summed E-state index contributed by atoms with van der Waals surface area (Å²) in [4.78, 5) is 0. The first-order valence-electron chi connectivity index (χ1n) is 4.66. The van der Waals surface area contributed by atoms with Crippen LogP contribution in [-0.2, 0) is 0 Å². The highest BCUT2D eigenvalue weighted by Crippen LogP contribution is 2.08. The van der Waals surface area contributed by atoms with E-state index in [9.17, 15) is 0 Å². The lowest BCUT2D eigenvalue weighted by Crippen LogP contribution is -2.54. The van der Waals surface area contributed by atoms with Gasteiger partial charge in [0.2, 0.25) is 0 Å². The Labute approximate surface area is 89.5 Å². The smallest absolute Gasteiger partial charge is 0.171 e. The van der Waals surface area contributed by atoms with Gasteiger partial charge in [0.15, 0.2) is 8.07 Å². The van der Waals surface area contributed by atoms with Crippen molar-refractivity contribution in [2.45, 2.75) is 0 Å². The Morgan fingerprint density at radius 1 is 0.933 bits per heavy atom. The quantitative estimate of drug-likeness (QED) is 0.729. The van der Waals surface area contributed by atoms with E-state index in [-0.39, 0.29) is 0 Å². The summed E-state index contributed by atoms with van der Waals surface area (Å²) in [5.74, 6) is 0. The van der Waals surface area contributed by atoms with E-state index in [2.05, 4.69) is 13.2 Å². The molecular weight excluding hydrogens is 204 g/mol. The van der Waals surface area contributed by atoms with Crippen molar-refractivity contribution in [1.29, 1.82) is 0 Å². The number of rotatable bonds is 4. The summed E-state index contributed by atoms with van der Waals surface area (Å²) < 4.78 is 10.3. The van der Waals surface area contributed by atoms with Crippen LogP contribution < -0.4 is 10.4 Å². The summed E-state index contributed by atoms with van der Waals surface area (Å²) in [5, 5.41) is 2.27. The third-order valence-corrected chi connectivity index (χ3v) is 6.41. The average Bonchev–Trinajstić information content (AvgIpc) is 2.92.